The highest BCUT2D eigenvalue weighted by molar-refractivity contribution is 7.80. The number of benzene rings is 2. The SMILES string of the molecule is CCOC(=O)C1=C(C)NC(=S)N(C(=O)/C(C)=C/c2ccc(N(CC)CC)cc2)C1c1ccc(OCC)c(OCC)c1. The highest BCUT2D eigenvalue weighted by Gasteiger charge is 2.40. The summed E-state index contributed by atoms with van der Waals surface area (Å²) >= 11 is 5.69. The van der Waals surface area contributed by atoms with Crippen molar-refractivity contribution in [3.63, 3.8) is 0 Å². The standard InChI is InChI=1S/C32H41N3O5S/c1-8-34(9-2)25-16-13-23(14-17-25)19-21(6)30(36)35-29(28(31(37)40-12-5)22(7)33-32(35)41)24-15-18-26(38-10-3)27(20-24)39-11-4/h13-20,29H,8-12H2,1-7H3,(H,33,41)/b21-19+. The second kappa shape index (κ2) is 14.7. The molecule has 8 nitrogen and oxygen atoms in total. The zero-order valence-corrected chi connectivity index (χ0v) is 25.9. The van der Waals surface area contributed by atoms with Gasteiger partial charge in [-0.25, -0.2) is 4.79 Å². The van der Waals surface area contributed by atoms with Gasteiger partial charge in [0.1, 0.15) is 0 Å². The largest absolute Gasteiger partial charge is 0.490 e. The first-order chi connectivity index (χ1) is 19.7. The maximum Gasteiger partial charge on any atom is 0.338 e. The average molecular weight is 580 g/mol. The summed E-state index contributed by atoms with van der Waals surface area (Å²) in [5, 5.41) is 3.25. The highest BCUT2D eigenvalue weighted by Crippen LogP contribution is 2.39. The van der Waals surface area contributed by atoms with Crippen LogP contribution >= 0.6 is 12.2 Å². The quantitative estimate of drug-likeness (QED) is 0.186. The Balaban J connectivity index is 2.09. The van der Waals surface area contributed by atoms with E-state index in [4.69, 9.17) is 26.4 Å². The second-order valence-corrected chi connectivity index (χ2v) is 9.82. The van der Waals surface area contributed by atoms with Crippen LogP contribution in [0.15, 0.2) is 59.3 Å². The molecule has 1 unspecified atom stereocenters. The van der Waals surface area contributed by atoms with E-state index in [1.165, 1.54) is 4.90 Å². The van der Waals surface area contributed by atoms with Gasteiger partial charge in [0.15, 0.2) is 16.6 Å². The van der Waals surface area contributed by atoms with Crippen LogP contribution < -0.4 is 19.7 Å². The molecule has 0 spiro atoms. The molecule has 1 heterocycles. The molecule has 0 radical (unpaired) electrons. The fourth-order valence-electron chi connectivity index (χ4n) is 4.85. The average Bonchev–Trinajstić information content (AvgIpc) is 2.95. The monoisotopic (exact) mass is 579 g/mol. The van der Waals surface area contributed by atoms with Gasteiger partial charge in [-0.1, -0.05) is 18.2 Å². The summed E-state index contributed by atoms with van der Waals surface area (Å²) in [6.45, 7) is 16.2. The maximum atomic E-state index is 14.1. The molecular weight excluding hydrogens is 538 g/mol. The fraction of sp³-hybridized carbons (Fsp3) is 0.406. The van der Waals surface area contributed by atoms with Crippen LogP contribution in [-0.4, -0.2) is 54.8 Å². The third-order valence-corrected chi connectivity index (χ3v) is 7.09. The van der Waals surface area contributed by atoms with Gasteiger partial charge in [0.25, 0.3) is 5.91 Å². The molecule has 220 valence electrons. The molecule has 41 heavy (non-hydrogen) atoms. The lowest BCUT2D eigenvalue weighted by Crippen LogP contribution is -2.51. The number of hydrogen-bond donors (Lipinski definition) is 1. The predicted octanol–water partition coefficient (Wildman–Crippen LogP) is 6.03. The van der Waals surface area contributed by atoms with Gasteiger partial charge in [-0.2, -0.15) is 0 Å². The number of carbonyl (C=O) groups is 2. The number of nitrogens with zero attached hydrogens (tertiary/aromatic N) is 2. The lowest BCUT2D eigenvalue weighted by Gasteiger charge is -2.38. The Morgan fingerprint density at radius 3 is 2.17 bits per heavy atom. The van der Waals surface area contributed by atoms with Crippen molar-refractivity contribution in [3.05, 3.63) is 70.4 Å². The van der Waals surface area contributed by atoms with E-state index in [1.807, 2.05) is 50.3 Å². The molecule has 0 saturated heterocycles. The maximum absolute atomic E-state index is 14.1. The first-order valence-corrected chi connectivity index (χ1v) is 14.6. The predicted molar refractivity (Wildman–Crippen MR) is 167 cm³/mol. The van der Waals surface area contributed by atoms with E-state index in [-0.39, 0.29) is 17.6 Å². The molecule has 0 bridgehead atoms. The minimum absolute atomic E-state index is 0.191. The Hall–Kier alpha value is -3.85. The van der Waals surface area contributed by atoms with Gasteiger partial charge in [0.2, 0.25) is 0 Å². The Labute approximate surface area is 248 Å². The molecule has 1 N–H and O–H groups in total. The number of carbonyl (C=O) groups excluding carboxylic acids is 2. The summed E-state index contributed by atoms with van der Waals surface area (Å²) in [4.78, 5) is 31.0. The van der Waals surface area contributed by atoms with Gasteiger partial charge in [-0.05, 0) is 102 Å². The van der Waals surface area contributed by atoms with Crippen LogP contribution in [0, 0.1) is 0 Å². The molecule has 1 amide bonds. The summed E-state index contributed by atoms with van der Waals surface area (Å²) in [6, 6.07) is 12.6. The zero-order chi connectivity index (χ0) is 30.1. The normalized spacial score (nSPS) is 15.4. The third kappa shape index (κ3) is 7.27. The number of ether oxygens (including phenoxy) is 3. The van der Waals surface area contributed by atoms with E-state index >= 15 is 0 Å². The molecule has 2 aromatic rings. The van der Waals surface area contributed by atoms with Crippen molar-refractivity contribution < 1.29 is 23.8 Å². The molecule has 2 aromatic carbocycles. The number of esters is 1. The lowest BCUT2D eigenvalue weighted by atomic mass is 9.92. The van der Waals surface area contributed by atoms with E-state index in [2.05, 4.69) is 24.1 Å². The Morgan fingerprint density at radius 1 is 0.951 bits per heavy atom. The van der Waals surface area contributed by atoms with E-state index in [0.29, 0.717) is 47.1 Å². The van der Waals surface area contributed by atoms with E-state index < -0.39 is 12.0 Å². The van der Waals surface area contributed by atoms with Crippen molar-refractivity contribution in [2.24, 2.45) is 0 Å². The third-order valence-electron chi connectivity index (χ3n) is 6.79. The van der Waals surface area contributed by atoms with Crippen LogP contribution in [0.2, 0.25) is 0 Å². The van der Waals surface area contributed by atoms with E-state index in [9.17, 15) is 9.59 Å². The topological polar surface area (TPSA) is 80.3 Å². The molecule has 9 heteroatoms. The highest BCUT2D eigenvalue weighted by atomic mass is 32.1. The van der Waals surface area contributed by atoms with Crippen LogP contribution in [0.1, 0.15) is 65.6 Å². The van der Waals surface area contributed by atoms with Gasteiger partial charge in [-0.15, -0.1) is 0 Å². The molecule has 1 aliphatic heterocycles. The summed E-state index contributed by atoms with van der Waals surface area (Å²) < 4.78 is 17.0. The van der Waals surface area contributed by atoms with Crippen LogP contribution in [0.25, 0.3) is 6.08 Å². The van der Waals surface area contributed by atoms with Gasteiger partial charge in [0.05, 0.1) is 31.4 Å². The van der Waals surface area contributed by atoms with E-state index in [0.717, 1.165) is 24.3 Å². The van der Waals surface area contributed by atoms with Crippen LogP contribution in [0.4, 0.5) is 5.69 Å². The van der Waals surface area contributed by atoms with Crippen LogP contribution in [-0.2, 0) is 14.3 Å². The Bertz CT molecular complexity index is 1320. The summed E-state index contributed by atoms with van der Waals surface area (Å²) in [5.41, 5.74) is 3.95. The lowest BCUT2D eigenvalue weighted by molar-refractivity contribution is -0.139. The van der Waals surface area contributed by atoms with Gasteiger partial charge in [0, 0.05) is 30.0 Å². The fourth-order valence-corrected chi connectivity index (χ4v) is 5.19. The minimum Gasteiger partial charge on any atom is -0.490 e. The van der Waals surface area contributed by atoms with Crippen molar-refractivity contribution in [1.29, 1.82) is 0 Å². The van der Waals surface area contributed by atoms with E-state index in [1.54, 1.807) is 32.9 Å². The van der Waals surface area contributed by atoms with Gasteiger partial charge in [-0.3, -0.25) is 9.69 Å². The van der Waals surface area contributed by atoms with Crippen LogP contribution in [0.3, 0.4) is 0 Å². The first kappa shape index (κ1) is 31.7. The number of anilines is 1. The van der Waals surface area contributed by atoms with Crippen molar-refractivity contribution >= 4 is 41.0 Å². The van der Waals surface area contributed by atoms with Crippen LogP contribution in [0.5, 0.6) is 11.5 Å². The molecule has 1 atom stereocenters. The number of hydrogen-bond acceptors (Lipinski definition) is 7. The van der Waals surface area contributed by atoms with Crippen molar-refractivity contribution in [1.82, 2.24) is 10.2 Å². The first-order valence-electron chi connectivity index (χ1n) is 14.2. The van der Waals surface area contributed by atoms with Crippen molar-refractivity contribution in [2.75, 3.05) is 37.8 Å². The molecule has 0 fully saturated rings. The summed E-state index contributed by atoms with van der Waals surface area (Å²) in [6.07, 6.45) is 1.83. The number of nitrogens with one attached hydrogen (secondary N) is 1. The molecule has 0 aliphatic carbocycles. The number of rotatable bonds is 12. The second-order valence-electron chi connectivity index (χ2n) is 9.43. The molecule has 0 saturated carbocycles. The number of thiocarbonyl (C=S) groups is 1. The molecule has 1 aliphatic rings. The smallest absolute Gasteiger partial charge is 0.338 e. The zero-order valence-electron chi connectivity index (χ0n) is 25.1. The van der Waals surface area contributed by atoms with Crippen molar-refractivity contribution in [2.45, 2.75) is 54.5 Å². The Kier molecular flexibility index (Phi) is 11.3. The summed E-state index contributed by atoms with van der Waals surface area (Å²) in [7, 11) is 0. The van der Waals surface area contributed by atoms with Gasteiger partial charge >= 0.3 is 5.97 Å². The molecular formula is C32H41N3O5S. The number of amides is 1. The van der Waals surface area contributed by atoms with Gasteiger partial charge < -0.3 is 24.4 Å². The summed E-state index contributed by atoms with van der Waals surface area (Å²) in [5.74, 6) is 0.241. The number of allylic oxidation sites excluding steroid dienone is 1. The molecule has 0 aromatic heterocycles. The Morgan fingerprint density at radius 2 is 1.59 bits per heavy atom. The molecule has 3 rings (SSSR count). The minimum atomic E-state index is -0.835. The van der Waals surface area contributed by atoms with Crippen molar-refractivity contribution in [3.8, 4) is 11.5 Å².